The molecule has 0 aliphatic carbocycles. The lowest BCUT2D eigenvalue weighted by Gasteiger charge is -2.28. The number of rotatable bonds is 3. The van der Waals surface area contributed by atoms with E-state index in [9.17, 15) is 4.79 Å². The zero-order chi connectivity index (χ0) is 17.4. The Morgan fingerprint density at radius 2 is 1.92 bits per heavy atom. The molecule has 0 radical (unpaired) electrons. The van der Waals surface area contributed by atoms with Crippen LogP contribution in [0.15, 0.2) is 54.9 Å². The Balaban J connectivity index is 1.61. The highest BCUT2D eigenvalue weighted by atomic mass is 16.2. The Kier molecular flexibility index (Phi) is 4.04. The molecule has 0 bridgehead atoms. The number of carbonyl (C=O) groups is 1. The third-order valence-electron chi connectivity index (χ3n) is 5.25. The molecular formula is C21H23N3O. The largest absolute Gasteiger partial charge is 0.334 e. The highest BCUT2D eigenvalue weighted by Gasteiger charge is 2.33. The van der Waals surface area contributed by atoms with Crippen molar-refractivity contribution >= 4 is 16.9 Å². The normalized spacial score (nSPS) is 18.6. The van der Waals surface area contributed by atoms with Gasteiger partial charge in [-0.15, -0.1) is 0 Å². The van der Waals surface area contributed by atoms with E-state index in [0.29, 0.717) is 0 Å². The van der Waals surface area contributed by atoms with Gasteiger partial charge in [0, 0.05) is 6.54 Å². The molecule has 4 heteroatoms. The van der Waals surface area contributed by atoms with Crippen LogP contribution in [0.2, 0.25) is 0 Å². The molecule has 1 saturated heterocycles. The summed E-state index contributed by atoms with van der Waals surface area (Å²) in [7, 11) is 0. The van der Waals surface area contributed by atoms with Crippen molar-refractivity contribution in [3.63, 3.8) is 0 Å². The van der Waals surface area contributed by atoms with Gasteiger partial charge in [0.25, 0.3) is 0 Å². The van der Waals surface area contributed by atoms with E-state index in [1.54, 1.807) is 6.33 Å². The van der Waals surface area contributed by atoms with E-state index in [2.05, 4.69) is 36.2 Å². The Hall–Kier alpha value is -2.62. The lowest BCUT2D eigenvalue weighted by Crippen LogP contribution is -2.35. The molecule has 3 aromatic rings. The number of imidazole rings is 1. The molecule has 0 spiro atoms. The maximum absolute atomic E-state index is 13.2. The fraction of sp³-hybridized carbons (Fsp3) is 0.333. The van der Waals surface area contributed by atoms with Crippen LogP contribution in [0.4, 0.5) is 0 Å². The third-order valence-corrected chi connectivity index (χ3v) is 5.25. The standard InChI is InChI=1S/C21H23N3O/c1-15-9-11-17(12-10-15)19-8-5-13-23(19)21(25)16(2)24-14-22-18-6-3-4-7-20(18)24/h3-4,6-7,9-12,14,16,19H,5,8,13H2,1-2H3/t16-,19+/m0/s1. The summed E-state index contributed by atoms with van der Waals surface area (Å²) in [6, 6.07) is 16.5. The molecular weight excluding hydrogens is 310 g/mol. The lowest BCUT2D eigenvalue weighted by atomic mass is 10.0. The van der Waals surface area contributed by atoms with E-state index in [1.807, 2.05) is 40.7 Å². The molecule has 1 amide bonds. The molecule has 0 saturated carbocycles. The van der Waals surface area contributed by atoms with Crippen molar-refractivity contribution < 1.29 is 4.79 Å². The third kappa shape index (κ3) is 2.82. The van der Waals surface area contributed by atoms with E-state index in [-0.39, 0.29) is 18.0 Å². The molecule has 128 valence electrons. The molecule has 4 nitrogen and oxygen atoms in total. The number of benzene rings is 2. The van der Waals surface area contributed by atoms with Crippen LogP contribution in [0, 0.1) is 6.92 Å². The van der Waals surface area contributed by atoms with Crippen LogP contribution < -0.4 is 0 Å². The minimum absolute atomic E-state index is 0.172. The Labute approximate surface area is 148 Å². The van der Waals surface area contributed by atoms with Gasteiger partial charge in [-0.3, -0.25) is 4.79 Å². The first-order valence-electron chi connectivity index (χ1n) is 8.94. The lowest BCUT2D eigenvalue weighted by molar-refractivity contribution is -0.135. The van der Waals surface area contributed by atoms with E-state index in [4.69, 9.17) is 0 Å². The summed E-state index contributed by atoms with van der Waals surface area (Å²) >= 11 is 0. The summed E-state index contributed by atoms with van der Waals surface area (Å²) in [6.45, 7) is 4.89. The first kappa shape index (κ1) is 15.9. The number of nitrogens with zero attached hydrogens (tertiary/aromatic N) is 3. The first-order valence-corrected chi connectivity index (χ1v) is 8.94. The second kappa shape index (κ2) is 6.36. The van der Waals surface area contributed by atoms with Gasteiger partial charge in [-0.05, 0) is 44.4 Å². The monoisotopic (exact) mass is 333 g/mol. The number of aryl methyl sites for hydroxylation is 1. The van der Waals surface area contributed by atoms with Crippen LogP contribution in [0.3, 0.4) is 0 Å². The van der Waals surface area contributed by atoms with Gasteiger partial charge in [-0.2, -0.15) is 0 Å². The minimum Gasteiger partial charge on any atom is -0.334 e. The van der Waals surface area contributed by atoms with Crippen molar-refractivity contribution in [2.24, 2.45) is 0 Å². The van der Waals surface area contributed by atoms with E-state index >= 15 is 0 Å². The number of carbonyl (C=O) groups excluding carboxylic acids is 1. The summed E-state index contributed by atoms with van der Waals surface area (Å²) in [5.41, 5.74) is 4.42. The van der Waals surface area contributed by atoms with Crippen molar-refractivity contribution in [1.29, 1.82) is 0 Å². The summed E-state index contributed by atoms with van der Waals surface area (Å²) in [5.74, 6) is 0.172. The van der Waals surface area contributed by atoms with Crippen molar-refractivity contribution in [3.8, 4) is 0 Å². The highest BCUT2D eigenvalue weighted by molar-refractivity contribution is 5.84. The van der Waals surface area contributed by atoms with E-state index in [1.165, 1.54) is 11.1 Å². The SMILES string of the molecule is Cc1ccc([C@H]2CCCN2C(=O)[C@H](C)n2cnc3ccccc32)cc1. The molecule has 1 aromatic heterocycles. The molecule has 0 unspecified atom stereocenters. The quantitative estimate of drug-likeness (QED) is 0.718. The van der Waals surface area contributed by atoms with Crippen molar-refractivity contribution in [2.75, 3.05) is 6.54 Å². The van der Waals surface area contributed by atoms with Gasteiger partial charge in [0.05, 0.1) is 23.4 Å². The number of hydrogen-bond acceptors (Lipinski definition) is 2. The molecule has 2 heterocycles. The minimum atomic E-state index is -0.251. The molecule has 4 rings (SSSR count). The molecule has 1 aliphatic rings. The molecule has 2 aromatic carbocycles. The second-order valence-corrected chi connectivity index (χ2v) is 6.92. The number of aromatic nitrogens is 2. The van der Waals surface area contributed by atoms with Crippen LogP contribution in [0.25, 0.3) is 11.0 Å². The topological polar surface area (TPSA) is 38.1 Å². The molecule has 1 aliphatic heterocycles. The number of para-hydroxylation sites is 2. The average molecular weight is 333 g/mol. The second-order valence-electron chi connectivity index (χ2n) is 6.92. The van der Waals surface area contributed by atoms with Crippen LogP contribution >= 0.6 is 0 Å². The molecule has 25 heavy (non-hydrogen) atoms. The summed E-state index contributed by atoms with van der Waals surface area (Å²) in [4.78, 5) is 19.7. The van der Waals surface area contributed by atoms with Gasteiger partial charge in [-0.1, -0.05) is 42.0 Å². The van der Waals surface area contributed by atoms with Crippen molar-refractivity contribution in [1.82, 2.24) is 14.5 Å². The van der Waals surface area contributed by atoms with Crippen LogP contribution in [0.1, 0.15) is 43.0 Å². The van der Waals surface area contributed by atoms with Gasteiger partial charge in [-0.25, -0.2) is 4.98 Å². The van der Waals surface area contributed by atoms with Crippen LogP contribution in [0.5, 0.6) is 0 Å². The maximum atomic E-state index is 13.2. The smallest absolute Gasteiger partial charge is 0.245 e. The molecule has 1 fully saturated rings. The maximum Gasteiger partial charge on any atom is 0.245 e. The molecule has 0 N–H and O–H groups in total. The fourth-order valence-corrected chi connectivity index (χ4v) is 3.81. The van der Waals surface area contributed by atoms with Gasteiger partial charge in [0.15, 0.2) is 0 Å². The predicted octanol–water partition coefficient (Wildman–Crippen LogP) is 4.27. The highest BCUT2D eigenvalue weighted by Crippen LogP contribution is 2.34. The number of amides is 1. The van der Waals surface area contributed by atoms with E-state index in [0.717, 1.165) is 30.4 Å². The van der Waals surface area contributed by atoms with Crippen molar-refractivity contribution in [3.05, 3.63) is 66.0 Å². The first-order chi connectivity index (χ1) is 12.1. The Morgan fingerprint density at radius 3 is 2.72 bits per heavy atom. The number of hydrogen-bond donors (Lipinski definition) is 0. The average Bonchev–Trinajstić information content (AvgIpc) is 3.28. The van der Waals surface area contributed by atoms with Gasteiger partial charge in [0.2, 0.25) is 5.91 Å². The Morgan fingerprint density at radius 1 is 1.16 bits per heavy atom. The van der Waals surface area contributed by atoms with Gasteiger partial charge >= 0.3 is 0 Å². The van der Waals surface area contributed by atoms with Crippen LogP contribution in [-0.2, 0) is 4.79 Å². The van der Waals surface area contributed by atoms with Gasteiger partial charge in [0.1, 0.15) is 6.04 Å². The summed E-state index contributed by atoms with van der Waals surface area (Å²) < 4.78 is 1.99. The molecule has 2 atom stereocenters. The number of likely N-dealkylation sites (tertiary alicyclic amines) is 1. The van der Waals surface area contributed by atoms with Gasteiger partial charge < -0.3 is 9.47 Å². The van der Waals surface area contributed by atoms with E-state index < -0.39 is 0 Å². The fourth-order valence-electron chi connectivity index (χ4n) is 3.81. The number of fused-ring (bicyclic) bond motifs is 1. The zero-order valence-corrected chi connectivity index (χ0v) is 14.7. The predicted molar refractivity (Wildman–Crippen MR) is 99.3 cm³/mol. The summed E-state index contributed by atoms with van der Waals surface area (Å²) in [6.07, 6.45) is 3.87. The summed E-state index contributed by atoms with van der Waals surface area (Å²) in [5, 5.41) is 0. The van der Waals surface area contributed by atoms with Crippen molar-refractivity contribution in [2.45, 2.75) is 38.8 Å². The zero-order valence-electron chi connectivity index (χ0n) is 14.7. The van der Waals surface area contributed by atoms with Crippen LogP contribution in [-0.4, -0.2) is 26.9 Å². The Bertz CT molecular complexity index is 897.